The van der Waals surface area contributed by atoms with Crippen molar-refractivity contribution in [3.63, 3.8) is 0 Å². The lowest BCUT2D eigenvalue weighted by Crippen LogP contribution is -2.17. The maximum atomic E-state index is 13.2. The van der Waals surface area contributed by atoms with E-state index in [0.717, 1.165) is 5.56 Å². The lowest BCUT2D eigenvalue weighted by molar-refractivity contribution is -0.113. The Morgan fingerprint density at radius 2 is 1.92 bits per heavy atom. The number of methoxy groups -OCH3 is 1. The number of esters is 1. The van der Waals surface area contributed by atoms with Crippen LogP contribution < -0.4 is 10.1 Å². The summed E-state index contributed by atoms with van der Waals surface area (Å²) >= 11 is 2.45. The van der Waals surface area contributed by atoms with Gasteiger partial charge in [-0.05, 0) is 36.8 Å². The molecule has 11 heteroatoms. The number of nitrogens with one attached hydrogen (secondary N) is 1. The van der Waals surface area contributed by atoms with Gasteiger partial charge in [-0.2, -0.15) is 0 Å². The molecule has 0 spiro atoms. The van der Waals surface area contributed by atoms with E-state index in [2.05, 4.69) is 22.1 Å². The van der Waals surface area contributed by atoms with Gasteiger partial charge >= 0.3 is 5.97 Å². The number of benzene rings is 2. The fraction of sp³-hybridized carbons (Fsp3) is 0.185. The molecule has 0 aliphatic rings. The second-order valence-corrected chi connectivity index (χ2v) is 9.82. The summed E-state index contributed by atoms with van der Waals surface area (Å²) in [6.07, 6.45) is 1.21. The Bertz CT molecular complexity index is 1420. The van der Waals surface area contributed by atoms with Crippen LogP contribution in [0.5, 0.6) is 5.75 Å². The largest absolute Gasteiger partial charge is 0.483 e. The SMILES string of the molecule is C=CCn1c(SCC(=O)Nc2scc(-c3ccccc3)c2C(=O)OC)nnc1C(C)Oc1ccc(F)cc1. The molecule has 0 radical (unpaired) electrons. The Morgan fingerprint density at radius 3 is 2.61 bits per heavy atom. The Hall–Kier alpha value is -3.96. The van der Waals surface area contributed by atoms with Crippen LogP contribution in [-0.4, -0.2) is 39.5 Å². The van der Waals surface area contributed by atoms with Gasteiger partial charge in [0, 0.05) is 17.5 Å². The lowest BCUT2D eigenvalue weighted by Gasteiger charge is -2.15. The normalized spacial score (nSPS) is 11.6. The molecule has 1 N–H and O–H groups in total. The van der Waals surface area contributed by atoms with Gasteiger partial charge in [0.05, 0.1) is 12.9 Å². The first-order valence-electron chi connectivity index (χ1n) is 11.5. The zero-order valence-electron chi connectivity index (χ0n) is 20.7. The minimum atomic E-state index is -0.529. The van der Waals surface area contributed by atoms with Crippen LogP contribution in [-0.2, 0) is 16.1 Å². The first-order chi connectivity index (χ1) is 18.4. The summed E-state index contributed by atoms with van der Waals surface area (Å²) in [5, 5.41) is 14.0. The van der Waals surface area contributed by atoms with Crippen LogP contribution in [0.1, 0.15) is 29.2 Å². The number of amides is 1. The smallest absolute Gasteiger partial charge is 0.341 e. The Kier molecular flexibility index (Phi) is 8.93. The summed E-state index contributed by atoms with van der Waals surface area (Å²) in [6.45, 7) is 6.01. The minimum Gasteiger partial charge on any atom is -0.483 e. The maximum absolute atomic E-state index is 13.2. The monoisotopic (exact) mass is 552 g/mol. The number of carbonyl (C=O) groups excluding carboxylic acids is 2. The summed E-state index contributed by atoms with van der Waals surface area (Å²) in [5.74, 6) is -0.134. The number of thiophene rings is 1. The third-order valence-electron chi connectivity index (χ3n) is 5.40. The molecule has 4 rings (SSSR count). The predicted octanol–water partition coefficient (Wildman–Crippen LogP) is 5.99. The molecule has 0 aliphatic heterocycles. The fourth-order valence-corrected chi connectivity index (χ4v) is 5.38. The molecule has 0 bridgehead atoms. The van der Waals surface area contributed by atoms with E-state index in [9.17, 15) is 14.0 Å². The maximum Gasteiger partial charge on any atom is 0.341 e. The Labute approximate surface area is 227 Å². The van der Waals surface area contributed by atoms with Crippen molar-refractivity contribution < 1.29 is 23.5 Å². The highest BCUT2D eigenvalue weighted by Gasteiger charge is 2.23. The van der Waals surface area contributed by atoms with Gasteiger partial charge < -0.3 is 14.8 Å². The first kappa shape index (κ1) is 27.1. The van der Waals surface area contributed by atoms with Gasteiger partial charge in [0.1, 0.15) is 22.1 Å². The van der Waals surface area contributed by atoms with E-state index < -0.39 is 12.1 Å². The van der Waals surface area contributed by atoms with Crippen molar-refractivity contribution >= 4 is 40.0 Å². The number of rotatable bonds is 11. The number of ether oxygens (including phenoxy) is 2. The van der Waals surface area contributed by atoms with Crippen molar-refractivity contribution in [2.24, 2.45) is 0 Å². The van der Waals surface area contributed by atoms with Crippen molar-refractivity contribution in [1.29, 1.82) is 0 Å². The number of hydrogen-bond acceptors (Lipinski definition) is 8. The summed E-state index contributed by atoms with van der Waals surface area (Å²) in [5.41, 5.74) is 1.85. The number of hydrogen-bond donors (Lipinski definition) is 1. The van der Waals surface area contributed by atoms with Gasteiger partial charge in [-0.15, -0.1) is 28.1 Å². The zero-order valence-corrected chi connectivity index (χ0v) is 22.4. The van der Waals surface area contributed by atoms with E-state index in [1.54, 1.807) is 10.6 Å². The van der Waals surface area contributed by atoms with Gasteiger partial charge in [-0.1, -0.05) is 48.2 Å². The molecule has 1 unspecified atom stereocenters. The van der Waals surface area contributed by atoms with E-state index in [0.29, 0.717) is 39.4 Å². The molecule has 2 aromatic carbocycles. The minimum absolute atomic E-state index is 0.0294. The van der Waals surface area contributed by atoms with Crippen LogP contribution in [0.4, 0.5) is 9.39 Å². The molecule has 1 amide bonds. The van der Waals surface area contributed by atoms with Gasteiger partial charge in [0.15, 0.2) is 17.1 Å². The molecule has 8 nitrogen and oxygen atoms in total. The van der Waals surface area contributed by atoms with E-state index in [-0.39, 0.29) is 17.5 Å². The molecule has 0 fully saturated rings. The van der Waals surface area contributed by atoms with E-state index in [4.69, 9.17) is 9.47 Å². The fourth-order valence-electron chi connectivity index (χ4n) is 3.66. The molecule has 2 heterocycles. The van der Waals surface area contributed by atoms with Crippen LogP contribution >= 0.6 is 23.1 Å². The standard InChI is InChI=1S/C27H25FN4O4S2/c1-4-14-32-24(17(2)36-20-12-10-19(28)11-13-20)30-31-27(32)38-16-22(33)29-25-23(26(34)35-3)21(15-37-25)18-8-6-5-7-9-18/h4-13,15,17H,1,14,16H2,2-3H3,(H,29,33). The first-order valence-corrected chi connectivity index (χ1v) is 13.4. The highest BCUT2D eigenvalue weighted by Crippen LogP contribution is 2.36. The van der Waals surface area contributed by atoms with Crippen LogP contribution in [0.15, 0.2) is 77.8 Å². The number of allylic oxidation sites excluding steroid dienone is 1. The number of halogens is 1. The van der Waals surface area contributed by atoms with Crippen molar-refractivity contribution in [1.82, 2.24) is 14.8 Å². The Morgan fingerprint density at radius 1 is 1.18 bits per heavy atom. The predicted molar refractivity (Wildman–Crippen MR) is 146 cm³/mol. The lowest BCUT2D eigenvalue weighted by atomic mass is 10.0. The van der Waals surface area contributed by atoms with Crippen LogP contribution in [0.3, 0.4) is 0 Å². The second kappa shape index (κ2) is 12.5. The zero-order chi connectivity index (χ0) is 27.1. The van der Waals surface area contributed by atoms with Crippen LogP contribution in [0.25, 0.3) is 11.1 Å². The number of carbonyl (C=O) groups is 2. The number of nitrogens with zero attached hydrogens (tertiary/aromatic N) is 3. The van der Waals surface area contributed by atoms with Crippen molar-refractivity contribution in [2.75, 3.05) is 18.2 Å². The highest BCUT2D eigenvalue weighted by molar-refractivity contribution is 7.99. The highest BCUT2D eigenvalue weighted by atomic mass is 32.2. The molecular formula is C27H25FN4O4S2. The average Bonchev–Trinajstić information content (AvgIpc) is 3.53. The van der Waals surface area contributed by atoms with E-state index in [1.165, 1.54) is 54.5 Å². The van der Waals surface area contributed by atoms with Gasteiger partial charge in [0.25, 0.3) is 0 Å². The summed E-state index contributed by atoms with van der Waals surface area (Å²) < 4.78 is 25.9. The summed E-state index contributed by atoms with van der Waals surface area (Å²) in [6, 6.07) is 15.1. The molecular weight excluding hydrogens is 527 g/mol. The molecule has 0 saturated carbocycles. The number of anilines is 1. The second-order valence-electron chi connectivity index (χ2n) is 8.00. The number of thioether (sulfide) groups is 1. The van der Waals surface area contributed by atoms with E-state index in [1.807, 2.05) is 42.6 Å². The molecule has 0 saturated heterocycles. The Balaban J connectivity index is 1.46. The molecule has 38 heavy (non-hydrogen) atoms. The van der Waals surface area contributed by atoms with Crippen LogP contribution in [0.2, 0.25) is 0 Å². The summed E-state index contributed by atoms with van der Waals surface area (Å²) in [7, 11) is 1.31. The summed E-state index contributed by atoms with van der Waals surface area (Å²) in [4.78, 5) is 25.4. The molecule has 2 aromatic heterocycles. The molecule has 4 aromatic rings. The number of aromatic nitrogens is 3. The van der Waals surface area contributed by atoms with Crippen molar-refractivity contribution in [3.05, 3.63) is 89.8 Å². The average molecular weight is 553 g/mol. The molecule has 1 atom stereocenters. The topological polar surface area (TPSA) is 95.3 Å². The third kappa shape index (κ3) is 6.29. The van der Waals surface area contributed by atoms with Gasteiger partial charge in [-0.25, -0.2) is 9.18 Å². The quantitative estimate of drug-likeness (QED) is 0.139. The van der Waals surface area contributed by atoms with Crippen molar-refractivity contribution in [3.8, 4) is 16.9 Å². The van der Waals surface area contributed by atoms with Crippen molar-refractivity contribution in [2.45, 2.75) is 24.7 Å². The third-order valence-corrected chi connectivity index (χ3v) is 7.26. The molecule has 196 valence electrons. The van der Waals surface area contributed by atoms with Crippen LogP contribution in [0, 0.1) is 5.82 Å². The van der Waals surface area contributed by atoms with Gasteiger partial charge in [0.2, 0.25) is 5.91 Å². The van der Waals surface area contributed by atoms with E-state index >= 15 is 0 Å². The van der Waals surface area contributed by atoms with Gasteiger partial charge in [-0.3, -0.25) is 9.36 Å². The molecule has 0 aliphatic carbocycles.